The molecule has 0 aliphatic rings. The van der Waals surface area contributed by atoms with Gasteiger partial charge in [0.05, 0.1) is 38.7 Å². The van der Waals surface area contributed by atoms with Crippen molar-refractivity contribution < 1.29 is 14.3 Å². The van der Waals surface area contributed by atoms with Gasteiger partial charge in [0.1, 0.15) is 0 Å². The van der Waals surface area contributed by atoms with E-state index in [1.165, 1.54) is 5.56 Å². The van der Waals surface area contributed by atoms with Gasteiger partial charge in [-0.2, -0.15) is 15.0 Å². The fourth-order valence-corrected chi connectivity index (χ4v) is 3.84. The zero-order valence-electron chi connectivity index (χ0n) is 23.5. The Kier molecular flexibility index (Phi) is 12.4. The Hall–Kier alpha value is -4.65. The van der Waals surface area contributed by atoms with Crippen molar-refractivity contribution in [1.29, 1.82) is 0 Å². The molecule has 0 saturated heterocycles. The van der Waals surface area contributed by atoms with Crippen LogP contribution >= 0.6 is 0 Å². The van der Waals surface area contributed by atoms with E-state index in [2.05, 4.69) is 53.3 Å². The number of carbonyl (C=O) groups is 1. The number of nitrogens with zero attached hydrogens (tertiary/aromatic N) is 4. The molecule has 4 rings (SSSR count). The maximum atomic E-state index is 12.7. The number of pyridine rings is 1. The van der Waals surface area contributed by atoms with Gasteiger partial charge in [0.15, 0.2) is 0 Å². The summed E-state index contributed by atoms with van der Waals surface area (Å²) in [6, 6.07) is 23.0. The van der Waals surface area contributed by atoms with Crippen LogP contribution < -0.4 is 27.0 Å². The van der Waals surface area contributed by atoms with Crippen molar-refractivity contribution in [1.82, 2.24) is 25.3 Å². The first-order valence-electron chi connectivity index (χ1n) is 13.9. The molecule has 0 fully saturated rings. The van der Waals surface area contributed by atoms with Crippen LogP contribution in [0.25, 0.3) is 0 Å². The fraction of sp³-hybridized carbons (Fsp3) is 0.300. The van der Waals surface area contributed by atoms with Gasteiger partial charge in [-0.1, -0.05) is 42.5 Å². The minimum Gasteiger partial charge on any atom is -0.378 e. The van der Waals surface area contributed by atoms with E-state index >= 15 is 0 Å². The largest absolute Gasteiger partial charge is 0.378 e. The van der Waals surface area contributed by atoms with E-state index in [4.69, 9.17) is 15.2 Å². The lowest BCUT2D eigenvalue weighted by molar-refractivity contribution is 0.0511. The summed E-state index contributed by atoms with van der Waals surface area (Å²) in [6.07, 6.45) is 2.56. The Labute approximate surface area is 245 Å². The third kappa shape index (κ3) is 10.7. The van der Waals surface area contributed by atoms with Crippen LogP contribution in [-0.4, -0.2) is 71.9 Å². The maximum absolute atomic E-state index is 12.7. The molecule has 0 unspecified atom stereocenters. The van der Waals surface area contributed by atoms with Crippen molar-refractivity contribution in [2.24, 2.45) is 5.73 Å². The summed E-state index contributed by atoms with van der Waals surface area (Å²) in [4.78, 5) is 30.6. The van der Waals surface area contributed by atoms with Gasteiger partial charge >= 0.3 is 0 Å². The van der Waals surface area contributed by atoms with Crippen molar-refractivity contribution in [3.05, 3.63) is 95.8 Å². The van der Waals surface area contributed by atoms with Crippen molar-refractivity contribution in [2.45, 2.75) is 13.0 Å². The first kappa shape index (κ1) is 30.3. The van der Waals surface area contributed by atoms with Crippen molar-refractivity contribution in [3.8, 4) is 0 Å². The van der Waals surface area contributed by atoms with Crippen LogP contribution in [0.4, 0.5) is 23.5 Å². The van der Waals surface area contributed by atoms with Crippen LogP contribution in [0, 0.1) is 0 Å². The Morgan fingerprint density at radius 2 is 1.52 bits per heavy atom. The molecule has 2 heterocycles. The number of ether oxygens (including phenoxy) is 2. The van der Waals surface area contributed by atoms with Gasteiger partial charge in [-0.05, 0) is 42.3 Å². The number of hydrogen-bond acceptors (Lipinski definition) is 11. The molecule has 6 N–H and O–H groups in total. The summed E-state index contributed by atoms with van der Waals surface area (Å²) < 4.78 is 10.7. The molecule has 0 saturated carbocycles. The van der Waals surface area contributed by atoms with E-state index in [0.717, 1.165) is 12.1 Å². The van der Waals surface area contributed by atoms with Gasteiger partial charge < -0.3 is 36.5 Å². The van der Waals surface area contributed by atoms with Gasteiger partial charge in [0.25, 0.3) is 5.91 Å². The Bertz CT molecular complexity index is 1360. The van der Waals surface area contributed by atoms with E-state index < -0.39 is 0 Å². The van der Waals surface area contributed by atoms with Gasteiger partial charge in [0, 0.05) is 37.1 Å². The van der Waals surface area contributed by atoms with E-state index in [1.54, 1.807) is 24.4 Å². The lowest BCUT2D eigenvalue weighted by atomic mass is 10.1. The summed E-state index contributed by atoms with van der Waals surface area (Å²) in [7, 11) is 0. The molecule has 0 aliphatic heterocycles. The number of nitrogens with one attached hydrogen (secondary N) is 4. The maximum Gasteiger partial charge on any atom is 0.251 e. The minimum absolute atomic E-state index is 0.210. The summed E-state index contributed by atoms with van der Waals surface area (Å²) in [5, 5.41) is 12.6. The quantitative estimate of drug-likeness (QED) is 0.112. The highest BCUT2D eigenvalue weighted by atomic mass is 16.5. The molecule has 220 valence electrons. The monoisotopic (exact) mass is 571 g/mol. The molecule has 1 amide bonds. The number of rotatable bonds is 18. The number of carbonyl (C=O) groups excluding carboxylic acids is 1. The highest BCUT2D eigenvalue weighted by Crippen LogP contribution is 2.18. The van der Waals surface area contributed by atoms with Crippen molar-refractivity contribution >= 4 is 29.4 Å². The topological polar surface area (TPSA) is 161 Å². The molecule has 4 aromatic rings. The summed E-state index contributed by atoms with van der Waals surface area (Å²) >= 11 is 0. The molecule has 2 aromatic heterocycles. The van der Waals surface area contributed by atoms with Crippen LogP contribution in [0.2, 0.25) is 0 Å². The number of nitrogens with two attached hydrogens (primary N) is 1. The Morgan fingerprint density at radius 3 is 2.31 bits per heavy atom. The van der Waals surface area contributed by atoms with E-state index in [9.17, 15) is 4.79 Å². The van der Waals surface area contributed by atoms with Crippen LogP contribution in [0.1, 0.15) is 21.6 Å². The van der Waals surface area contributed by atoms with Crippen LogP contribution in [-0.2, 0) is 22.4 Å². The highest BCUT2D eigenvalue weighted by Gasteiger charge is 2.10. The van der Waals surface area contributed by atoms with Crippen molar-refractivity contribution in [2.75, 3.05) is 62.0 Å². The zero-order valence-corrected chi connectivity index (χ0v) is 23.5. The molecule has 12 nitrogen and oxygen atoms in total. The average Bonchev–Trinajstić information content (AvgIpc) is 3.02. The molecule has 0 spiro atoms. The van der Waals surface area contributed by atoms with Gasteiger partial charge in [-0.15, -0.1) is 0 Å². The van der Waals surface area contributed by atoms with Crippen LogP contribution in [0.15, 0.2) is 79.0 Å². The first-order chi connectivity index (χ1) is 20.7. The van der Waals surface area contributed by atoms with Crippen LogP contribution in [0.3, 0.4) is 0 Å². The first-order valence-corrected chi connectivity index (χ1v) is 13.9. The molecule has 2 aromatic carbocycles. The van der Waals surface area contributed by atoms with Crippen LogP contribution in [0.5, 0.6) is 0 Å². The molecule has 12 heteroatoms. The minimum atomic E-state index is -0.210. The number of amides is 1. The normalized spacial score (nSPS) is 10.7. The van der Waals surface area contributed by atoms with E-state index in [1.807, 2.05) is 42.5 Å². The van der Waals surface area contributed by atoms with Gasteiger partial charge in [-0.3, -0.25) is 9.78 Å². The highest BCUT2D eigenvalue weighted by molar-refractivity contribution is 5.95. The molecular weight excluding hydrogens is 534 g/mol. The Balaban J connectivity index is 1.36. The predicted molar refractivity (Wildman–Crippen MR) is 163 cm³/mol. The standard InChI is InChI=1S/C30H37N9O3/c31-13-17-41-19-20-42-18-16-33-27(40)24-9-6-11-25(21-24)36-30-38-28(34-15-12-23-7-2-1-3-8-23)37-29(39-30)35-22-26-10-4-5-14-32-26/h1-11,14,21H,12-13,15-20,22,31H2,(H,33,40)(H3,34,35,36,37,38,39). The summed E-state index contributed by atoms with van der Waals surface area (Å²) in [6.45, 7) is 3.77. The SMILES string of the molecule is NCCOCCOCCNC(=O)c1cccc(Nc2nc(NCCc3ccccc3)nc(NCc3ccccn3)n2)c1. The number of aromatic nitrogens is 4. The molecular formula is C30H37N9O3. The number of anilines is 4. The number of hydrogen-bond donors (Lipinski definition) is 5. The lowest BCUT2D eigenvalue weighted by Crippen LogP contribution is -2.27. The third-order valence-corrected chi connectivity index (χ3v) is 5.88. The Morgan fingerprint density at radius 1 is 0.762 bits per heavy atom. The molecule has 42 heavy (non-hydrogen) atoms. The molecule has 0 radical (unpaired) electrons. The third-order valence-electron chi connectivity index (χ3n) is 5.88. The average molecular weight is 572 g/mol. The predicted octanol–water partition coefficient (Wildman–Crippen LogP) is 3.00. The summed E-state index contributed by atoms with van der Waals surface area (Å²) in [5.41, 5.74) is 8.60. The second-order valence-corrected chi connectivity index (χ2v) is 9.12. The van der Waals surface area contributed by atoms with E-state index in [0.29, 0.717) is 81.7 Å². The van der Waals surface area contributed by atoms with Gasteiger partial charge in [0.2, 0.25) is 17.8 Å². The zero-order chi connectivity index (χ0) is 29.2. The molecule has 0 bridgehead atoms. The smallest absolute Gasteiger partial charge is 0.251 e. The fourth-order valence-electron chi connectivity index (χ4n) is 3.84. The van der Waals surface area contributed by atoms with Crippen molar-refractivity contribution in [3.63, 3.8) is 0 Å². The van der Waals surface area contributed by atoms with E-state index in [-0.39, 0.29) is 5.91 Å². The molecule has 0 atom stereocenters. The second kappa shape index (κ2) is 17.2. The number of benzene rings is 2. The van der Waals surface area contributed by atoms with Gasteiger partial charge in [-0.25, -0.2) is 0 Å². The second-order valence-electron chi connectivity index (χ2n) is 9.12. The summed E-state index contributed by atoms with van der Waals surface area (Å²) in [5.74, 6) is 0.939. The lowest BCUT2D eigenvalue weighted by Gasteiger charge is -2.12. The molecule has 0 aliphatic carbocycles.